The van der Waals surface area contributed by atoms with E-state index in [9.17, 15) is 4.79 Å². The third-order valence-electron chi connectivity index (χ3n) is 0.263. The summed E-state index contributed by atoms with van der Waals surface area (Å²) in [7, 11) is 2.93. The third-order valence-corrected chi connectivity index (χ3v) is 0.263. The van der Waals surface area contributed by atoms with E-state index < -0.39 is 6.16 Å². The Hall–Kier alpha value is -0.680. The van der Waals surface area contributed by atoms with Crippen molar-refractivity contribution in [2.75, 3.05) is 14.2 Å². The summed E-state index contributed by atoms with van der Waals surface area (Å²) < 4.78 is 19.7. The van der Waals surface area contributed by atoms with Crippen LogP contribution < -0.4 is 0 Å². The first kappa shape index (κ1) is 22.8. The van der Waals surface area contributed by atoms with E-state index in [1.165, 1.54) is 7.11 Å². The molecule has 0 aromatic rings. The van der Waals surface area contributed by atoms with Gasteiger partial charge in [-0.25, -0.2) is 4.79 Å². The Labute approximate surface area is 86.7 Å². The standard InChI is InChI=1S/C2H4BO3.CH4O.3CH4.BH2O/c1-5-2(4)6-3;1-2;;;;1-2/h3H,1H3;2H,1H3;3*1H4;1-2H/i3T;;;;;1T. The van der Waals surface area contributed by atoms with E-state index in [-0.39, 0.29) is 30.3 Å². The highest BCUT2D eigenvalue weighted by Crippen LogP contribution is 1.71. The summed E-state index contributed by atoms with van der Waals surface area (Å²) in [5, 5.41) is 14.1. The van der Waals surface area contributed by atoms with Crippen LogP contribution in [0.1, 0.15) is 22.3 Å². The average Bonchev–Trinajstić information content (AvgIpc) is 2.10. The van der Waals surface area contributed by atoms with Crippen molar-refractivity contribution in [1.82, 2.24) is 0 Å². The van der Waals surface area contributed by atoms with E-state index in [1.54, 1.807) is 0 Å². The van der Waals surface area contributed by atoms with Gasteiger partial charge < -0.3 is 19.5 Å². The molecule has 0 aromatic carbocycles. The molecular formula is C6H22B2O5. The molecule has 0 amide bonds. The first-order valence-electron chi connectivity index (χ1n) is 3.12. The number of methoxy groups -OCH3 is 1. The van der Waals surface area contributed by atoms with Gasteiger partial charge in [-0.05, 0) is 0 Å². The Morgan fingerprint density at radius 2 is 1.69 bits per heavy atom. The maximum atomic E-state index is 9.82. The molecule has 0 aliphatic heterocycles. The predicted molar refractivity (Wildman–Crippen MR) is 58.3 cm³/mol. The number of carbonyl (C=O) groups excluding carboxylic acids is 1. The number of hydrogen-bond donors (Lipinski definition) is 2. The number of rotatable bonds is 1. The van der Waals surface area contributed by atoms with Crippen LogP contribution in [0.25, 0.3) is 0 Å². The maximum Gasteiger partial charge on any atom is 0.489 e. The van der Waals surface area contributed by atoms with Gasteiger partial charge in [-0.1, -0.05) is 22.3 Å². The summed E-state index contributed by atoms with van der Waals surface area (Å²) in [6, 6.07) is 0. The lowest BCUT2D eigenvalue weighted by Gasteiger charge is -1.90. The fourth-order valence-corrected chi connectivity index (χ4v) is 0.0481. The average molecular weight is 200 g/mol. The highest BCUT2D eigenvalue weighted by Gasteiger charge is 1.88. The second-order valence-electron chi connectivity index (χ2n) is 0.572. The Morgan fingerprint density at radius 3 is 1.77 bits per heavy atom. The van der Waals surface area contributed by atoms with Crippen molar-refractivity contribution in [2.45, 2.75) is 22.3 Å². The Kier molecular flexibility index (Phi) is 113. The molecule has 7 heteroatoms. The molecule has 2 radical (unpaired) electrons. The van der Waals surface area contributed by atoms with E-state index in [0.717, 1.165) is 7.11 Å². The summed E-state index contributed by atoms with van der Waals surface area (Å²) in [6.07, 6.45) is -0.866. The molecule has 0 aliphatic rings. The lowest BCUT2D eigenvalue weighted by atomic mass is 10.6. The minimum atomic E-state index is -0.866. The largest absolute Gasteiger partial charge is 0.512 e. The molecule has 0 atom stereocenters. The van der Waals surface area contributed by atoms with Gasteiger partial charge in [0, 0.05) is 9.78 Å². The molecule has 0 bridgehead atoms. The zero-order chi connectivity index (χ0) is 10.4. The predicted octanol–water partition coefficient (Wildman–Crippen LogP) is -0.104. The topological polar surface area (TPSA) is 76.0 Å². The number of aliphatic hydroxyl groups is 1. The van der Waals surface area contributed by atoms with Crippen LogP contribution in [0.5, 0.6) is 0 Å². The smallest absolute Gasteiger partial charge is 0.489 e. The first-order valence-corrected chi connectivity index (χ1v) is 1.96. The fraction of sp³-hybridized carbons (Fsp3) is 0.833. The molecule has 0 rings (SSSR count). The molecule has 0 spiro atoms. The van der Waals surface area contributed by atoms with Gasteiger partial charge in [0.05, 0.1) is 7.11 Å². The zero-order valence-corrected chi connectivity index (χ0v) is 5.77. The molecule has 82 valence electrons. The van der Waals surface area contributed by atoms with Crippen molar-refractivity contribution in [3.63, 3.8) is 0 Å². The van der Waals surface area contributed by atoms with Crippen molar-refractivity contribution < 1.29 is 24.3 Å². The van der Waals surface area contributed by atoms with Gasteiger partial charge in [-0.2, -0.15) is 0 Å². The van der Waals surface area contributed by atoms with E-state index in [2.05, 4.69) is 9.39 Å². The van der Waals surface area contributed by atoms with Crippen LogP contribution in [0, 0.1) is 0 Å². The Bertz CT molecular complexity index is 89.9. The van der Waals surface area contributed by atoms with E-state index in [4.69, 9.17) is 12.8 Å². The second-order valence-corrected chi connectivity index (χ2v) is 0.572. The number of carbonyl (C=O) groups is 1. The van der Waals surface area contributed by atoms with Gasteiger partial charge in [-0.3, -0.25) is 0 Å². The Morgan fingerprint density at radius 1 is 1.38 bits per heavy atom. The molecule has 0 heterocycles. The van der Waals surface area contributed by atoms with Crippen LogP contribution in [-0.4, -0.2) is 49.2 Å². The van der Waals surface area contributed by atoms with Gasteiger partial charge in [-0.15, -0.1) is 0 Å². The maximum absolute atomic E-state index is 9.82. The van der Waals surface area contributed by atoms with Crippen molar-refractivity contribution >= 4 is 22.2 Å². The van der Waals surface area contributed by atoms with Gasteiger partial charge in [0.25, 0.3) is 8.01 Å². The molecular weight excluding hydrogens is 174 g/mol. The van der Waals surface area contributed by atoms with Crippen molar-refractivity contribution in [2.24, 2.45) is 0 Å². The van der Waals surface area contributed by atoms with Crippen LogP contribution in [0.15, 0.2) is 0 Å². The second kappa shape index (κ2) is 64.6. The number of aliphatic hydroxyl groups excluding tert-OH is 1. The summed E-state index contributed by atoms with van der Waals surface area (Å²) in [6.45, 7) is 0. The zero-order valence-electron chi connectivity index (χ0n) is 7.77. The van der Waals surface area contributed by atoms with Crippen LogP contribution in [-0.2, 0) is 9.39 Å². The molecule has 0 aliphatic carbocycles. The van der Waals surface area contributed by atoms with Gasteiger partial charge in [0.2, 0.25) is 0 Å². The monoisotopic (exact) mass is 200 g/mol. The van der Waals surface area contributed by atoms with Crippen molar-refractivity contribution in [3.05, 3.63) is 0 Å². The number of ether oxygens (including phenoxy) is 1. The molecule has 0 fully saturated rings. The fourth-order valence-electron chi connectivity index (χ4n) is 0.0481. The SMILES string of the molecule is C.C.C.CO.[3H][B]O.[3H][B]OC(=O)OC. The quantitative estimate of drug-likeness (QED) is 0.456. The first-order chi connectivity index (χ1) is 5.72. The highest BCUT2D eigenvalue weighted by molar-refractivity contribution is 6.04. The van der Waals surface area contributed by atoms with Gasteiger partial charge >= 0.3 is 14.2 Å². The van der Waals surface area contributed by atoms with Crippen LogP contribution in [0.4, 0.5) is 4.79 Å². The normalized spacial score (nSPS) is 5.54. The molecule has 2 N–H and O–H groups in total. The molecule has 5 nitrogen and oxygen atoms in total. The van der Waals surface area contributed by atoms with E-state index in [1.807, 2.05) is 0 Å². The lowest BCUT2D eigenvalue weighted by molar-refractivity contribution is 0.125. The van der Waals surface area contributed by atoms with Gasteiger partial charge in [0.1, 0.15) is 0 Å². The number of hydrogen-bond acceptors (Lipinski definition) is 5. The summed E-state index contributed by atoms with van der Waals surface area (Å²) in [5.41, 5.74) is 0. The minimum Gasteiger partial charge on any atom is -0.512 e. The van der Waals surface area contributed by atoms with E-state index in [0.29, 0.717) is 8.01 Å². The third kappa shape index (κ3) is 89.2. The van der Waals surface area contributed by atoms with E-state index >= 15 is 0 Å². The van der Waals surface area contributed by atoms with Crippen LogP contribution in [0.3, 0.4) is 0 Å². The molecule has 0 saturated carbocycles. The summed E-state index contributed by atoms with van der Waals surface area (Å²) in [4.78, 5) is 9.82. The molecule has 0 saturated heterocycles. The highest BCUT2D eigenvalue weighted by atomic mass is 16.7. The minimum absolute atomic E-state index is 0. The lowest BCUT2D eigenvalue weighted by Crippen LogP contribution is -1.99. The molecule has 13 heavy (non-hydrogen) atoms. The van der Waals surface area contributed by atoms with Crippen molar-refractivity contribution in [3.8, 4) is 0 Å². The molecule has 0 aromatic heterocycles. The Balaban J connectivity index is -0.0000000224. The molecule has 0 unspecified atom stereocenters. The summed E-state index contributed by atoms with van der Waals surface area (Å²) >= 11 is 0. The van der Waals surface area contributed by atoms with Crippen LogP contribution in [0.2, 0.25) is 0 Å². The summed E-state index contributed by atoms with van der Waals surface area (Å²) in [5.74, 6) is 0. The van der Waals surface area contributed by atoms with Crippen molar-refractivity contribution in [1.29, 1.82) is 2.67 Å². The van der Waals surface area contributed by atoms with Gasteiger partial charge in [0.15, 0.2) is 0 Å². The van der Waals surface area contributed by atoms with Crippen LogP contribution >= 0.6 is 0 Å².